The third kappa shape index (κ3) is 2.81. The van der Waals surface area contributed by atoms with Crippen molar-refractivity contribution in [2.24, 2.45) is 17.1 Å². The fourth-order valence-electron chi connectivity index (χ4n) is 2.47. The summed E-state index contributed by atoms with van der Waals surface area (Å²) in [5.74, 6) is 1.77. The Bertz CT molecular complexity index is 375. The molecule has 0 amide bonds. The molecule has 0 saturated carbocycles. The van der Waals surface area contributed by atoms with Crippen molar-refractivity contribution < 1.29 is 4.74 Å². The lowest BCUT2D eigenvalue weighted by Crippen LogP contribution is -2.41. The van der Waals surface area contributed by atoms with Crippen molar-refractivity contribution in [2.45, 2.75) is 33.1 Å². The quantitative estimate of drug-likeness (QED) is 0.867. The summed E-state index contributed by atoms with van der Waals surface area (Å²) in [5, 5.41) is 0. The lowest BCUT2D eigenvalue weighted by atomic mass is 9.75. The van der Waals surface area contributed by atoms with Crippen LogP contribution in [0.4, 0.5) is 0 Å². The first kappa shape index (κ1) is 12.4. The van der Waals surface area contributed by atoms with Crippen LogP contribution in [0.3, 0.4) is 0 Å². The zero-order chi connectivity index (χ0) is 12.3. The number of nitrogens with two attached hydrogens (primary N) is 1. The van der Waals surface area contributed by atoms with E-state index in [1.807, 2.05) is 6.07 Å². The van der Waals surface area contributed by atoms with Crippen LogP contribution in [0.1, 0.15) is 32.3 Å². The first-order valence-electron chi connectivity index (χ1n) is 6.56. The summed E-state index contributed by atoms with van der Waals surface area (Å²) < 4.78 is 5.88. The van der Waals surface area contributed by atoms with Crippen LogP contribution in [0.2, 0.25) is 0 Å². The molecule has 2 heteroatoms. The third-order valence-electron chi connectivity index (χ3n) is 3.76. The molecule has 1 aliphatic rings. The SMILES string of the molecule is CC(C)CCC1(CN)COc2ccccc2C1. The highest BCUT2D eigenvalue weighted by atomic mass is 16.5. The van der Waals surface area contributed by atoms with Crippen LogP contribution in [-0.4, -0.2) is 13.2 Å². The Hall–Kier alpha value is -1.02. The molecule has 1 aromatic carbocycles. The van der Waals surface area contributed by atoms with E-state index in [0.717, 1.165) is 31.1 Å². The van der Waals surface area contributed by atoms with Crippen molar-refractivity contribution in [3.05, 3.63) is 29.8 Å². The van der Waals surface area contributed by atoms with E-state index in [-0.39, 0.29) is 5.41 Å². The maximum Gasteiger partial charge on any atom is 0.122 e. The molecule has 0 aliphatic carbocycles. The minimum atomic E-state index is 0.151. The van der Waals surface area contributed by atoms with Gasteiger partial charge in [0.25, 0.3) is 0 Å². The first-order valence-corrected chi connectivity index (χ1v) is 6.56. The smallest absolute Gasteiger partial charge is 0.122 e. The van der Waals surface area contributed by atoms with E-state index >= 15 is 0 Å². The maximum atomic E-state index is 6.00. The molecule has 0 aromatic heterocycles. The second-order valence-corrected chi connectivity index (χ2v) is 5.71. The Morgan fingerprint density at radius 1 is 1.35 bits per heavy atom. The molecular weight excluding hydrogens is 210 g/mol. The number of ether oxygens (including phenoxy) is 1. The monoisotopic (exact) mass is 233 g/mol. The molecule has 0 bridgehead atoms. The summed E-state index contributed by atoms with van der Waals surface area (Å²) in [6.45, 7) is 6.02. The van der Waals surface area contributed by atoms with E-state index < -0.39 is 0 Å². The summed E-state index contributed by atoms with van der Waals surface area (Å²) in [6, 6.07) is 8.33. The Morgan fingerprint density at radius 2 is 2.12 bits per heavy atom. The molecule has 0 saturated heterocycles. The van der Waals surface area contributed by atoms with Gasteiger partial charge in [0.15, 0.2) is 0 Å². The van der Waals surface area contributed by atoms with Gasteiger partial charge in [-0.3, -0.25) is 0 Å². The van der Waals surface area contributed by atoms with E-state index in [9.17, 15) is 0 Å². The van der Waals surface area contributed by atoms with Gasteiger partial charge in [-0.2, -0.15) is 0 Å². The second kappa shape index (κ2) is 5.09. The number of rotatable bonds is 4. The van der Waals surface area contributed by atoms with Crippen molar-refractivity contribution in [3.8, 4) is 5.75 Å². The van der Waals surface area contributed by atoms with Gasteiger partial charge in [-0.05, 0) is 30.4 Å². The Kier molecular flexibility index (Phi) is 3.72. The number of hydrogen-bond donors (Lipinski definition) is 1. The molecule has 0 fully saturated rings. The zero-order valence-corrected chi connectivity index (χ0v) is 10.9. The second-order valence-electron chi connectivity index (χ2n) is 5.71. The molecule has 0 radical (unpaired) electrons. The molecule has 2 N–H and O–H groups in total. The molecule has 1 heterocycles. The topological polar surface area (TPSA) is 35.2 Å². The number of benzene rings is 1. The fourth-order valence-corrected chi connectivity index (χ4v) is 2.47. The van der Waals surface area contributed by atoms with E-state index in [4.69, 9.17) is 10.5 Å². The van der Waals surface area contributed by atoms with Crippen LogP contribution in [0.15, 0.2) is 24.3 Å². The van der Waals surface area contributed by atoms with Gasteiger partial charge < -0.3 is 10.5 Å². The first-order chi connectivity index (χ1) is 8.15. The van der Waals surface area contributed by atoms with Crippen LogP contribution < -0.4 is 10.5 Å². The van der Waals surface area contributed by atoms with Gasteiger partial charge in [0.05, 0.1) is 6.61 Å². The molecule has 17 heavy (non-hydrogen) atoms. The van der Waals surface area contributed by atoms with E-state index in [2.05, 4.69) is 32.0 Å². The highest BCUT2D eigenvalue weighted by Gasteiger charge is 2.34. The van der Waals surface area contributed by atoms with Gasteiger partial charge in [-0.1, -0.05) is 38.5 Å². The summed E-state index contributed by atoms with van der Waals surface area (Å²) >= 11 is 0. The van der Waals surface area contributed by atoms with E-state index in [0.29, 0.717) is 6.54 Å². The highest BCUT2D eigenvalue weighted by Crippen LogP contribution is 2.37. The van der Waals surface area contributed by atoms with Crippen LogP contribution >= 0.6 is 0 Å². The molecule has 1 aromatic rings. The van der Waals surface area contributed by atoms with Gasteiger partial charge in [0.2, 0.25) is 0 Å². The Labute approximate surface area is 104 Å². The molecule has 1 atom stereocenters. The lowest BCUT2D eigenvalue weighted by Gasteiger charge is -2.37. The third-order valence-corrected chi connectivity index (χ3v) is 3.76. The van der Waals surface area contributed by atoms with Crippen molar-refractivity contribution in [1.29, 1.82) is 0 Å². The minimum Gasteiger partial charge on any atom is -0.493 e. The van der Waals surface area contributed by atoms with Gasteiger partial charge in [-0.25, -0.2) is 0 Å². The predicted molar refractivity (Wildman–Crippen MR) is 71.2 cm³/mol. The average Bonchev–Trinajstić information content (AvgIpc) is 2.36. The van der Waals surface area contributed by atoms with Crippen LogP contribution in [-0.2, 0) is 6.42 Å². The van der Waals surface area contributed by atoms with Gasteiger partial charge in [-0.15, -0.1) is 0 Å². The predicted octanol–water partition coefficient (Wildman–Crippen LogP) is 3.00. The van der Waals surface area contributed by atoms with Gasteiger partial charge >= 0.3 is 0 Å². The van der Waals surface area contributed by atoms with Crippen LogP contribution in [0, 0.1) is 11.3 Å². The van der Waals surface area contributed by atoms with E-state index in [1.54, 1.807) is 0 Å². The molecular formula is C15H23NO. The normalized spacial score (nSPS) is 23.3. The van der Waals surface area contributed by atoms with Crippen molar-refractivity contribution in [3.63, 3.8) is 0 Å². The summed E-state index contributed by atoms with van der Waals surface area (Å²) in [4.78, 5) is 0. The van der Waals surface area contributed by atoms with Crippen molar-refractivity contribution >= 4 is 0 Å². The van der Waals surface area contributed by atoms with E-state index in [1.165, 1.54) is 12.0 Å². The van der Waals surface area contributed by atoms with Crippen LogP contribution in [0.25, 0.3) is 0 Å². The standard InChI is InChI=1S/C15H23NO/c1-12(2)7-8-15(10-16)9-13-5-3-4-6-14(13)17-11-15/h3-6,12H,7-11,16H2,1-2H3. The summed E-state index contributed by atoms with van der Waals surface area (Å²) in [6.07, 6.45) is 3.45. The lowest BCUT2D eigenvalue weighted by molar-refractivity contribution is 0.111. The molecule has 0 spiro atoms. The largest absolute Gasteiger partial charge is 0.493 e. The minimum absolute atomic E-state index is 0.151. The summed E-state index contributed by atoms with van der Waals surface area (Å²) in [5.41, 5.74) is 7.47. The molecule has 2 nitrogen and oxygen atoms in total. The van der Waals surface area contributed by atoms with Crippen molar-refractivity contribution in [2.75, 3.05) is 13.2 Å². The Morgan fingerprint density at radius 3 is 2.82 bits per heavy atom. The summed E-state index contributed by atoms with van der Waals surface area (Å²) in [7, 11) is 0. The van der Waals surface area contributed by atoms with Crippen molar-refractivity contribution in [1.82, 2.24) is 0 Å². The average molecular weight is 233 g/mol. The van der Waals surface area contributed by atoms with Gasteiger partial charge in [0.1, 0.15) is 5.75 Å². The highest BCUT2D eigenvalue weighted by molar-refractivity contribution is 5.36. The number of fused-ring (bicyclic) bond motifs is 1. The maximum absolute atomic E-state index is 6.00. The number of hydrogen-bond acceptors (Lipinski definition) is 2. The fraction of sp³-hybridized carbons (Fsp3) is 0.600. The molecule has 1 aliphatic heterocycles. The molecule has 94 valence electrons. The number of para-hydroxylation sites is 1. The zero-order valence-electron chi connectivity index (χ0n) is 10.9. The Balaban J connectivity index is 2.11. The molecule has 1 unspecified atom stereocenters. The molecule has 2 rings (SSSR count). The van der Waals surface area contributed by atoms with Crippen LogP contribution in [0.5, 0.6) is 5.75 Å². The van der Waals surface area contributed by atoms with Gasteiger partial charge in [0, 0.05) is 12.0 Å².